The normalized spacial score (nSPS) is 13.7. The van der Waals surface area contributed by atoms with Crippen LogP contribution in [-0.2, 0) is 19.1 Å². The van der Waals surface area contributed by atoms with E-state index < -0.39 is 17.9 Å². The number of methoxy groups -OCH3 is 2. The Morgan fingerprint density at radius 1 is 0.812 bits per heavy atom. The van der Waals surface area contributed by atoms with Crippen LogP contribution < -0.4 is 14.4 Å². The summed E-state index contributed by atoms with van der Waals surface area (Å²) >= 11 is 0. The third kappa shape index (κ3) is 4.77. The summed E-state index contributed by atoms with van der Waals surface area (Å²) < 4.78 is 21.4. The van der Waals surface area contributed by atoms with Crippen molar-refractivity contribution in [2.45, 2.75) is 19.8 Å². The Morgan fingerprint density at radius 2 is 1.38 bits per heavy atom. The molecule has 32 heavy (non-hydrogen) atoms. The third-order valence-corrected chi connectivity index (χ3v) is 5.01. The van der Waals surface area contributed by atoms with Gasteiger partial charge in [-0.3, -0.25) is 0 Å². The number of carbonyl (C=O) groups is 2. The first kappa shape index (κ1) is 22.9. The molecule has 0 fully saturated rings. The molecule has 0 aromatic heterocycles. The molecule has 0 amide bonds. The Balaban J connectivity index is 2.18. The smallest absolute Gasteiger partial charge is 0.336 e. The van der Waals surface area contributed by atoms with E-state index in [9.17, 15) is 9.59 Å². The zero-order valence-electron chi connectivity index (χ0n) is 18.7. The van der Waals surface area contributed by atoms with E-state index in [1.54, 1.807) is 63.6 Å². The van der Waals surface area contributed by atoms with Crippen LogP contribution >= 0.6 is 0 Å². The molecule has 2 aromatic carbocycles. The summed E-state index contributed by atoms with van der Waals surface area (Å²) in [7, 11) is 3.14. The summed E-state index contributed by atoms with van der Waals surface area (Å²) in [6.07, 6.45) is 3.35. The molecule has 168 valence electrons. The summed E-state index contributed by atoms with van der Waals surface area (Å²) in [5.74, 6) is -0.422. The molecule has 3 rings (SSSR count). The van der Waals surface area contributed by atoms with Crippen LogP contribution in [-0.4, -0.2) is 39.4 Å². The minimum Gasteiger partial charge on any atom is -0.497 e. The van der Waals surface area contributed by atoms with Gasteiger partial charge in [-0.1, -0.05) is 24.3 Å². The van der Waals surface area contributed by atoms with Crippen molar-refractivity contribution >= 4 is 17.6 Å². The van der Waals surface area contributed by atoms with Gasteiger partial charge in [0.15, 0.2) is 0 Å². The Bertz CT molecular complexity index is 989. The lowest BCUT2D eigenvalue weighted by Crippen LogP contribution is -2.29. The molecule has 0 atom stereocenters. The van der Waals surface area contributed by atoms with Crippen LogP contribution in [0.2, 0.25) is 0 Å². The lowest BCUT2D eigenvalue weighted by Gasteiger charge is -2.31. The number of hydrogen-bond donors (Lipinski definition) is 0. The van der Waals surface area contributed by atoms with E-state index in [-0.39, 0.29) is 13.2 Å². The first-order valence-corrected chi connectivity index (χ1v) is 10.4. The highest BCUT2D eigenvalue weighted by Gasteiger charge is 2.36. The summed E-state index contributed by atoms with van der Waals surface area (Å²) in [5.41, 5.74) is 2.04. The van der Waals surface area contributed by atoms with Gasteiger partial charge in [0.1, 0.15) is 11.5 Å². The highest BCUT2D eigenvalue weighted by Crippen LogP contribution is 2.40. The van der Waals surface area contributed by atoms with Gasteiger partial charge in [0.2, 0.25) is 0 Å². The number of anilines is 1. The Labute approximate surface area is 187 Å². The molecule has 0 radical (unpaired) electrons. The average Bonchev–Trinajstić information content (AvgIpc) is 2.83. The maximum atomic E-state index is 13.0. The fourth-order valence-corrected chi connectivity index (χ4v) is 3.56. The number of benzene rings is 2. The minimum absolute atomic E-state index is 0.207. The molecule has 0 aliphatic carbocycles. The molecule has 0 saturated carbocycles. The summed E-state index contributed by atoms with van der Waals surface area (Å²) in [6, 6.07) is 14.6. The van der Waals surface area contributed by atoms with E-state index in [2.05, 4.69) is 0 Å². The fourth-order valence-electron chi connectivity index (χ4n) is 3.56. The number of esters is 2. The van der Waals surface area contributed by atoms with Gasteiger partial charge in [-0.05, 0) is 43.7 Å². The van der Waals surface area contributed by atoms with Crippen molar-refractivity contribution in [2.75, 3.05) is 32.3 Å². The summed E-state index contributed by atoms with van der Waals surface area (Å²) in [4.78, 5) is 27.7. The zero-order chi connectivity index (χ0) is 23.1. The maximum Gasteiger partial charge on any atom is 0.336 e. The summed E-state index contributed by atoms with van der Waals surface area (Å²) in [6.45, 7) is 3.89. The van der Waals surface area contributed by atoms with E-state index in [4.69, 9.17) is 18.9 Å². The van der Waals surface area contributed by atoms with Gasteiger partial charge in [0.05, 0.1) is 50.2 Å². The number of hydrogen-bond acceptors (Lipinski definition) is 7. The van der Waals surface area contributed by atoms with E-state index >= 15 is 0 Å². The van der Waals surface area contributed by atoms with Crippen LogP contribution in [0.3, 0.4) is 0 Å². The van der Waals surface area contributed by atoms with Crippen LogP contribution in [0, 0.1) is 0 Å². The predicted molar refractivity (Wildman–Crippen MR) is 121 cm³/mol. The van der Waals surface area contributed by atoms with Crippen molar-refractivity contribution in [1.29, 1.82) is 0 Å². The molecule has 0 bridgehead atoms. The van der Waals surface area contributed by atoms with Crippen molar-refractivity contribution in [1.82, 2.24) is 0 Å². The average molecular weight is 437 g/mol. The van der Waals surface area contributed by atoms with Gasteiger partial charge < -0.3 is 23.8 Å². The first-order chi connectivity index (χ1) is 15.5. The third-order valence-electron chi connectivity index (χ3n) is 5.01. The van der Waals surface area contributed by atoms with E-state index in [0.717, 1.165) is 5.56 Å². The van der Waals surface area contributed by atoms with Crippen molar-refractivity contribution < 1.29 is 28.5 Å². The molecule has 2 aromatic rings. The van der Waals surface area contributed by atoms with Gasteiger partial charge >= 0.3 is 11.9 Å². The maximum absolute atomic E-state index is 13.0. The number of rotatable bonds is 8. The van der Waals surface area contributed by atoms with Gasteiger partial charge in [-0.2, -0.15) is 0 Å². The standard InChI is InChI=1S/C25H27NO6/c1-5-31-24(27)19-15-26(21-9-7-8-10-22(21)30-4)16-20(25(28)32-6-2)23(19)17-11-13-18(29-3)14-12-17/h7-16,23H,5-6H2,1-4H3. The van der Waals surface area contributed by atoms with E-state index in [0.29, 0.717) is 28.3 Å². The molecule has 1 heterocycles. The van der Waals surface area contributed by atoms with Crippen LogP contribution in [0.1, 0.15) is 25.3 Å². The van der Waals surface area contributed by atoms with E-state index in [1.165, 1.54) is 0 Å². The molecule has 0 saturated heterocycles. The second-order valence-corrected chi connectivity index (χ2v) is 6.90. The Morgan fingerprint density at radius 3 is 1.88 bits per heavy atom. The van der Waals surface area contributed by atoms with Crippen molar-refractivity contribution in [3.63, 3.8) is 0 Å². The molecule has 1 aliphatic heterocycles. The monoisotopic (exact) mass is 437 g/mol. The van der Waals surface area contributed by atoms with Crippen molar-refractivity contribution in [2.24, 2.45) is 0 Å². The number of nitrogens with zero attached hydrogens (tertiary/aromatic N) is 1. The number of carbonyl (C=O) groups excluding carboxylic acids is 2. The second-order valence-electron chi connectivity index (χ2n) is 6.90. The molecular weight excluding hydrogens is 410 g/mol. The minimum atomic E-state index is -0.662. The SMILES string of the molecule is CCOC(=O)C1=CN(c2ccccc2OC)C=C(C(=O)OCC)C1c1ccc(OC)cc1. The molecule has 7 nitrogen and oxygen atoms in total. The van der Waals surface area contributed by atoms with Gasteiger partial charge in [-0.25, -0.2) is 9.59 Å². The topological polar surface area (TPSA) is 74.3 Å². The summed E-state index contributed by atoms with van der Waals surface area (Å²) in [5, 5.41) is 0. The highest BCUT2D eigenvalue weighted by atomic mass is 16.5. The quantitative estimate of drug-likeness (QED) is 0.573. The Kier molecular flexibility index (Phi) is 7.54. The van der Waals surface area contributed by atoms with Gasteiger partial charge in [0.25, 0.3) is 0 Å². The van der Waals surface area contributed by atoms with Crippen molar-refractivity contribution in [3.05, 3.63) is 77.6 Å². The highest BCUT2D eigenvalue weighted by molar-refractivity contribution is 6.00. The first-order valence-electron chi connectivity index (χ1n) is 10.4. The zero-order valence-corrected chi connectivity index (χ0v) is 18.7. The van der Waals surface area contributed by atoms with Crippen molar-refractivity contribution in [3.8, 4) is 11.5 Å². The lowest BCUT2D eigenvalue weighted by molar-refractivity contribution is -0.139. The van der Waals surface area contributed by atoms with Gasteiger partial charge in [-0.15, -0.1) is 0 Å². The molecule has 0 unspecified atom stereocenters. The van der Waals surface area contributed by atoms with Crippen LogP contribution in [0.25, 0.3) is 0 Å². The lowest BCUT2D eigenvalue weighted by atomic mass is 9.83. The van der Waals surface area contributed by atoms with Crippen LogP contribution in [0.5, 0.6) is 11.5 Å². The molecule has 7 heteroatoms. The largest absolute Gasteiger partial charge is 0.497 e. The number of ether oxygens (including phenoxy) is 4. The number of para-hydroxylation sites is 2. The molecule has 0 N–H and O–H groups in total. The fraction of sp³-hybridized carbons (Fsp3) is 0.280. The second kappa shape index (κ2) is 10.5. The van der Waals surface area contributed by atoms with E-state index in [1.807, 2.05) is 30.3 Å². The van der Waals surface area contributed by atoms with Crippen LogP contribution in [0.15, 0.2) is 72.1 Å². The molecular formula is C25H27NO6. The van der Waals surface area contributed by atoms with Crippen LogP contribution in [0.4, 0.5) is 5.69 Å². The molecule has 0 spiro atoms. The Hall–Kier alpha value is -3.74. The predicted octanol–water partition coefficient (Wildman–Crippen LogP) is 4.20. The molecule has 1 aliphatic rings. The van der Waals surface area contributed by atoms with Gasteiger partial charge in [0, 0.05) is 12.4 Å².